The zero-order valence-corrected chi connectivity index (χ0v) is 9.72. The third-order valence-electron chi connectivity index (χ3n) is 1.49. The Morgan fingerprint density at radius 2 is 1.93 bits per heavy atom. The van der Waals surface area contributed by atoms with Crippen molar-refractivity contribution in [3.8, 4) is 0 Å². The van der Waals surface area contributed by atoms with E-state index in [1.165, 1.54) is 0 Å². The van der Waals surface area contributed by atoms with Crippen molar-refractivity contribution in [3.05, 3.63) is 0 Å². The van der Waals surface area contributed by atoms with E-state index >= 15 is 0 Å². The molecule has 0 aliphatic carbocycles. The zero-order chi connectivity index (χ0) is 11.2. The van der Waals surface area contributed by atoms with Gasteiger partial charge in [-0.25, -0.2) is 0 Å². The average Bonchev–Trinajstić information content (AvgIpc) is 2.03. The highest BCUT2D eigenvalue weighted by atomic mass is 16.7. The summed E-state index contributed by atoms with van der Waals surface area (Å²) in [5.41, 5.74) is 2.41. The highest BCUT2D eigenvalue weighted by Gasteiger charge is 2.20. The Balaban J connectivity index is 3.97. The largest absolute Gasteiger partial charge is 0.465 e. The highest BCUT2D eigenvalue weighted by molar-refractivity contribution is 5.75. The minimum atomic E-state index is -0.380. The molecule has 1 unspecified atom stereocenters. The molecule has 0 rings (SSSR count). The van der Waals surface area contributed by atoms with E-state index in [9.17, 15) is 4.79 Å². The van der Waals surface area contributed by atoms with Gasteiger partial charge in [-0.2, -0.15) is 5.48 Å². The van der Waals surface area contributed by atoms with Crippen LogP contribution in [0.15, 0.2) is 0 Å². The lowest BCUT2D eigenvalue weighted by atomic mass is 10.2. The number of rotatable bonds is 5. The van der Waals surface area contributed by atoms with Gasteiger partial charge in [0.1, 0.15) is 6.04 Å². The minimum absolute atomic E-state index is 0.265. The molecule has 0 aromatic heterocycles. The van der Waals surface area contributed by atoms with Crippen LogP contribution in [0.25, 0.3) is 0 Å². The molecular weight excluding hydrogens is 182 g/mol. The van der Waals surface area contributed by atoms with Crippen LogP contribution in [0.3, 0.4) is 0 Å². The molecule has 4 nitrogen and oxygen atoms in total. The van der Waals surface area contributed by atoms with E-state index in [0.29, 0.717) is 13.0 Å². The lowest BCUT2D eigenvalue weighted by Gasteiger charge is -2.23. The molecule has 1 atom stereocenters. The van der Waals surface area contributed by atoms with E-state index < -0.39 is 0 Å². The molecule has 0 spiro atoms. The maximum Gasteiger partial charge on any atom is 0.325 e. The predicted octanol–water partition coefficient (Wildman–Crippen LogP) is 1.65. The van der Waals surface area contributed by atoms with Crippen LogP contribution in [0.2, 0.25) is 0 Å². The summed E-state index contributed by atoms with van der Waals surface area (Å²) in [5, 5.41) is 0. The molecule has 0 bridgehead atoms. The maximum atomic E-state index is 11.3. The lowest BCUT2D eigenvalue weighted by Crippen LogP contribution is -2.41. The molecule has 4 heteroatoms. The third kappa shape index (κ3) is 5.94. The summed E-state index contributed by atoms with van der Waals surface area (Å²) in [5.74, 6) is -0.265. The standard InChI is InChI=1S/C10H21NO3/c1-6-8(9(12)13-7-2)11-14-10(3,4)5/h8,11H,6-7H2,1-5H3. The molecule has 0 radical (unpaired) electrons. The average molecular weight is 203 g/mol. The van der Waals surface area contributed by atoms with Gasteiger partial charge < -0.3 is 4.74 Å². The van der Waals surface area contributed by atoms with E-state index in [-0.39, 0.29) is 17.6 Å². The zero-order valence-electron chi connectivity index (χ0n) is 9.72. The summed E-state index contributed by atoms with van der Waals surface area (Å²) in [6.45, 7) is 9.83. The van der Waals surface area contributed by atoms with E-state index in [1.54, 1.807) is 6.92 Å². The fourth-order valence-corrected chi connectivity index (χ4v) is 0.789. The van der Waals surface area contributed by atoms with E-state index in [0.717, 1.165) is 0 Å². The first-order valence-electron chi connectivity index (χ1n) is 5.00. The molecule has 0 heterocycles. The van der Waals surface area contributed by atoms with Gasteiger partial charge in [0.05, 0.1) is 12.2 Å². The van der Waals surface area contributed by atoms with Crippen LogP contribution in [0, 0.1) is 0 Å². The highest BCUT2D eigenvalue weighted by Crippen LogP contribution is 2.06. The Bertz CT molecular complexity index is 175. The SMILES string of the molecule is CCOC(=O)C(CC)NOC(C)(C)C. The Kier molecular flexibility index (Phi) is 5.72. The Morgan fingerprint density at radius 3 is 2.29 bits per heavy atom. The van der Waals surface area contributed by atoms with Crippen LogP contribution >= 0.6 is 0 Å². The van der Waals surface area contributed by atoms with E-state index in [1.807, 2.05) is 27.7 Å². The van der Waals surface area contributed by atoms with Gasteiger partial charge in [-0.3, -0.25) is 9.63 Å². The van der Waals surface area contributed by atoms with Crippen LogP contribution in [0.1, 0.15) is 41.0 Å². The van der Waals surface area contributed by atoms with Gasteiger partial charge >= 0.3 is 5.97 Å². The summed E-state index contributed by atoms with van der Waals surface area (Å²) >= 11 is 0. The summed E-state index contributed by atoms with van der Waals surface area (Å²) < 4.78 is 4.88. The summed E-state index contributed by atoms with van der Waals surface area (Å²) in [7, 11) is 0. The van der Waals surface area contributed by atoms with E-state index in [4.69, 9.17) is 9.57 Å². The van der Waals surface area contributed by atoms with Gasteiger partial charge in [0.15, 0.2) is 0 Å². The van der Waals surface area contributed by atoms with Gasteiger partial charge in [0.25, 0.3) is 0 Å². The first kappa shape index (κ1) is 13.4. The van der Waals surface area contributed by atoms with Gasteiger partial charge in [0, 0.05) is 0 Å². The van der Waals surface area contributed by atoms with Crippen molar-refractivity contribution in [2.45, 2.75) is 52.7 Å². The van der Waals surface area contributed by atoms with Crippen molar-refractivity contribution in [1.82, 2.24) is 5.48 Å². The third-order valence-corrected chi connectivity index (χ3v) is 1.49. The molecule has 0 amide bonds. The molecule has 0 saturated carbocycles. The van der Waals surface area contributed by atoms with Gasteiger partial charge in [-0.1, -0.05) is 6.92 Å². The summed E-state index contributed by atoms with van der Waals surface area (Å²) in [4.78, 5) is 16.6. The summed E-state index contributed by atoms with van der Waals surface area (Å²) in [6.07, 6.45) is 0.648. The Labute approximate surface area is 85.9 Å². The number of hydroxylamine groups is 1. The fraction of sp³-hybridized carbons (Fsp3) is 0.900. The second-order valence-corrected chi connectivity index (χ2v) is 4.05. The second kappa shape index (κ2) is 5.98. The number of hydrogen-bond donors (Lipinski definition) is 1. The topological polar surface area (TPSA) is 47.6 Å². The summed E-state index contributed by atoms with van der Waals surface area (Å²) in [6, 6.07) is -0.380. The molecule has 0 aliphatic heterocycles. The molecular formula is C10H21NO3. The van der Waals surface area contributed by atoms with E-state index in [2.05, 4.69) is 5.48 Å². The molecule has 0 aromatic rings. The second-order valence-electron chi connectivity index (χ2n) is 4.05. The molecule has 0 saturated heterocycles. The first-order valence-corrected chi connectivity index (χ1v) is 5.00. The number of carbonyl (C=O) groups excluding carboxylic acids is 1. The number of esters is 1. The first-order chi connectivity index (χ1) is 6.40. The van der Waals surface area contributed by atoms with Crippen LogP contribution in [-0.4, -0.2) is 24.2 Å². The molecule has 1 N–H and O–H groups in total. The predicted molar refractivity (Wildman–Crippen MR) is 54.7 cm³/mol. The molecule has 84 valence electrons. The molecule has 0 aromatic carbocycles. The Hall–Kier alpha value is -0.610. The number of nitrogens with one attached hydrogen (secondary N) is 1. The number of carbonyl (C=O) groups is 1. The molecule has 0 fully saturated rings. The van der Waals surface area contributed by atoms with Crippen molar-refractivity contribution in [3.63, 3.8) is 0 Å². The smallest absolute Gasteiger partial charge is 0.325 e. The van der Waals surface area contributed by atoms with Gasteiger partial charge in [-0.05, 0) is 34.1 Å². The monoisotopic (exact) mass is 203 g/mol. The van der Waals surface area contributed by atoms with Gasteiger partial charge in [-0.15, -0.1) is 0 Å². The Morgan fingerprint density at radius 1 is 1.36 bits per heavy atom. The number of hydrogen-bond acceptors (Lipinski definition) is 4. The van der Waals surface area contributed by atoms with Crippen LogP contribution < -0.4 is 5.48 Å². The van der Waals surface area contributed by atoms with Crippen molar-refractivity contribution in [2.24, 2.45) is 0 Å². The lowest BCUT2D eigenvalue weighted by molar-refractivity contribution is -0.156. The number of ether oxygens (including phenoxy) is 1. The normalized spacial score (nSPS) is 13.8. The van der Waals surface area contributed by atoms with Crippen molar-refractivity contribution < 1.29 is 14.4 Å². The molecule has 14 heavy (non-hydrogen) atoms. The van der Waals surface area contributed by atoms with Crippen LogP contribution in [0.4, 0.5) is 0 Å². The van der Waals surface area contributed by atoms with Crippen LogP contribution in [0.5, 0.6) is 0 Å². The minimum Gasteiger partial charge on any atom is -0.465 e. The van der Waals surface area contributed by atoms with Crippen molar-refractivity contribution in [1.29, 1.82) is 0 Å². The fourth-order valence-electron chi connectivity index (χ4n) is 0.789. The van der Waals surface area contributed by atoms with Crippen molar-refractivity contribution >= 4 is 5.97 Å². The van der Waals surface area contributed by atoms with Gasteiger partial charge in [0.2, 0.25) is 0 Å². The quantitative estimate of drug-likeness (QED) is 0.545. The van der Waals surface area contributed by atoms with Crippen molar-refractivity contribution in [2.75, 3.05) is 6.61 Å². The molecule has 0 aliphatic rings. The maximum absolute atomic E-state index is 11.3. The van der Waals surface area contributed by atoms with Crippen LogP contribution in [-0.2, 0) is 14.4 Å².